The Hall–Kier alpha value is 1.27. The zero-order valence-corrected chi connectivity index (χ0v) is 7.73. The Balaban J connectivity index is 0. The third-order valence-corrected chi connectivity index (χ3v) is 0. The molecule has 0 saturated carbocycles. The van der Waals surface area contributed by atoms with Gasteiger partial charge in [-0.3, -0.25) is 4.79 Å². The molecule has 4 heteroatoms. The van der Waals surface area contributed by atoms with Crippen LogP contribution in [0.1, 0.15) is 0 Å². The van der Waals surface area contributed by atoms with E-state index >= 15 is 0 Å². The van der Waals surface area contributed by atoms with Gasteiger partial charge in [-0.15, -0.1) is 0 Å². The van der Waals surface area contributed by atoms with Gasteiger partial charge in [-0.1, -0.05) is 0 Å². The van der Waals surface area contributed by atoms with Gasteiger partial charge in [0.25, 0.3) is 3.60 Å². The third-order valence-electron chi connectivity index (χ3n) is 0. The predicted octanol–water partition coefficient (Wildman–Crippen LogP) is 1.89. The van der Waals surface area contributed by atoms with Crippen molar-refractivity contribution in [3.8, 4) is 0 Å². The molecule has 0 aliphatic carbocycles. The minimum Gasteiger partial charge on any atom is -0.273 e. The summed E-state index contributed by atoms with van der Waals surface area (Å²) >= 11 is 5.10. The fourth-order valence-electron chi connectivity index (χ4n) is 0. The maximum Gasteiger partial charge on any atom is 0.262 e. The maximum atomic E-state index is 9.28. The Morgan fingerprint density at radius 1 is 1.40 bits per heavy atom. The Bertz CT molecular complexity index is 32.6. The van der Waals surface area contributed by atoms with E-state index in [-0.39, 0.29) is 23.4 Å². The number of carbonyl (C=O) groups excluding carboxylic acids is 1. The quantitative estimate of drug-likeness (QED) is 0.589. The van der Waals surface area contributed by atoms with Crippen molar-refractivity contribution < 1.29 is 24.6 Å². The molecule has 0 unspecified atom stereocenters. The van der Waals surface area contributed by atoms with Crippen molar-refractivity contribution in [2.45, 2.75) is 0 Å². The van der Waals surface area contributed by atoms with E-state index in [9.17, 15) is 4.79 Å². The van der Waals surface area contributed by atoms with Crippen LogP contribution in [0.4, 0.5) is 4.79 Å². The second-order valence-electron chi connectivity index (χ2n) is 0.226. The molecule has 0 fully saturated rings. The number of carbonyl (C=O) groups is 1. The Morgan fingerprint density at radius 3 is 1.40 bits per heavy atom. The Kier molecular flexibility index (Phi) is 10.1. The van der Waals surface area contributed by atoms with Gasteiger partial charge >= 0.3 is 0 Å². The molecule has 0 rings (SSSR count). The molecular formula is CBr2OOs. The summed E-state index contributed by atoms with van der Waals surface area (Å²) in [5, 5.41) is 0. The zero-order valence-electron chi connectivity index (χ0n) is 2.02. The molecule has 0 amide bonds. The normalized spacial score (nSPS) is 5.20. The van der Waals surface area contributed by atoms with Crippen LogP contribution < -0.4 is 0 Å². The molecule has 0 spiro atoms. The summed E-state index contributed by atoms with van der Waals surface area (Å²) in [6.45, 7) is 0. The molecule has 0 radical (unpaired) electrons. The predicted molar refractivity (Wildman–Crippen MR) is 23.2 cm³/mol. The molecule has 5 heavy (non-hydrogen) atoms. The van der Waals surface area contributed by atoms with E-state index in [0.717, 1.165) is 0 Å². The molecule has 32 valence electrons. The van der Waals surface area contributed by atoms with Crippen molar-refractivity contribution >= 4 is 35.5 Å². The third kappa shape index (κ3) is 35.0. The van der Waals surface area contributed by atoms with Crippen LogP contribution in [-0.2, 0) is 19.8 Å². The summed E-state index contributed by atoms with van der Waals surface area (Å²) in [7, 11) is 0. The van der Waals surface area contributed by atoms with Crippen LogP contribution >= 0.6 is 31.9 Å². The molecule has 0 bridgehead atoms. The molecule has 0 aromatic carbocycles. The summed E-state index contributed by atoms with van der Waals surface area (Å²) in [5.74, 6) is 0. The topological polar surface area (TPSA) is 17.1 Å². The monoisotopic (exact) mass is 378 g/mol. The first-order valence-electron chi connectivity index (χ1n) is 0.582. The molecule has 0 aromatic heterocycles. The van der Waals surface area contributed by atoms with Gasteiger partial charge in [0.2, 0.25) is 0 Å². The largest absolute Gasteiger partial charge is 0.273 e. The molecule has 0 aromatic rings. The Morgan fingerprint density at radius 2 is 1.40 bits per heavy atom. The van der Waals surface area contributed by atoms with Crippen LogP contribution in [0.15, 0.2) is 0 Å². The van der Waals surface area contributed by atoms with E-state index in [1.54, 1.807) is 0 Å². The van der Waals surface area contributed by atoms with E-state index in [4.69, 9.17) is 0 Å². The van der Waals surface area contributed by atoms with E-state index in [1.807, 2.05) is 0 Å². The van der Waals surface area contributed by atoms with Gasteiger partial charge in [0, 0.05) is 51.7 Å². The standard InChI is InChI=1S/CBr2O.Os/c2-1(3)4;. The van der Waals surface area contributed by atoms with Crippen LogP contribution in [-0.4, -0.2) is 3.60 Å². The first kappa shape index (κ1) is 9.55. The SMILES string of the molecule is O=C(Br)Br.[Os]. The van der Waals surface area contributed by atoms with E-state index in [1.165, 1.54) is 0 Å². The summed E-state index contributed by atoms with van der Waals surface area (Å²) in [4.78, 5) is 9.28. The minimum absolute atomic E-state index is 0. The fourth-order valence-corrected chi connectivity index (χ4v) is 0. The maximum absolute atomic E-state index is 9.28. The van der Waals surface area contributed by atoms with Crippen LogP contribution in [0, 0.1) is 0 Å². The summed E-state index contributed by atoms with van der Waals surface area (Å²) in [6, 6.07) is 0. The van der Waals surface area contributed by atoms with Gasteiger partial charge in [0.15, 0.2) is 0 Å². The first-order valence-corrected chi connectivity index (χ1v) is 2.17. The van der Waals surface area contributed by atoms with E-state index in [2.05, 4.69) is 31.9 Å². The van der Waals surface area contributed by atoms with Crippen LogP contribution in [0.2, 0.25) is 0 Å². The summed E-state index contributed by atoms with van der Waals surface area (Å²) in [6.07, 6.45) is 0. The van der Waals surface area contributed by atoms with Crippen molar-refractivity contribution in [3.05, 3.63) is 0 Å². The average molecular weight is 378 g/mol. The Labute approximate surface area is 59.8 Å². The van der Waals surface area contributed by atoms with Gasteiger partial charge in [-0.05, 0) is 0 Å². The van der Waals surface area contributed by atoms with Crippen LogP contribution in [0.5, 0.6) is 0 Å². The second-order valence-corrected chi connectivity index (χ2v) is 2.73. The number of halogens is 2. The van der Waals surface area contributed by atoms with Crippen molar-refractivity contribution in [2.24, 2.45) is 0 Å². The van der Waals surface area contributed by atoms with E-state index < -0.39 is 0 Å². The minimum atomic E-state index is -0.208. The van der Waals surface area contributed by atoms with Crippen molar-refractivity contribution in [2.75, 3.05) is 0 Å². The number of hydrogen-bond acceptors (Lipinski definition) is 1. The fraction of sp³-hybridized carbons (Fsp3) is 0. The summed E-state index contributed by atoms with van der Waals surface area (Å²) in [5.41, 5.74) is 0. The molecule has 0 atom stereocenters. The zero-order chi connectivity index (χ0) is 3.58. The van der Waals surface area contributed by atoms with Gasteiger partial charge in [0.1, 0.15) is 0 Å². The van der Waals surface area contributed by atoms with Crippen molar-refractivity contribution in [3.63, 3.8) is 0 Å². The molecular weight excluding hydrogens is 378 g/mol. The smallest absolute Gasteiger partial charge is 0.262 e. The number of rotatable bonds is 0. The van der Waals surface area contributed by atoms with Crippen molar-refractivity contribution in [1.29, 1.82) is 0 Å². The molecule has 1 nitrogen and oxygen atoms in total. The molecule has 0 N–H and O–H groups in total. The van der Waals surface area contributed by atoms with Gasteiger partial charge in [0.05, 0.1) is 0 Å². The summed E-state index contributed by atoms with van der Waals surface area (Å²) < 4.78 is -0.208. The van der Waals surface area contributed by atoms with Gasteiger partial charge in [-0.25, -0.2) is 0 Å². The average Bonchev–Trinajstić information content (AvgIpc) is 0.811. The van der Waals surface area contributed by atoms with Gasteiger partial charge < -0.3 is 0 Å². The van der Waals surface area contributed by atoms with Gasteiger partial charge in [-0.2, -0.15) is 0 Å². The second kappa shape index (κ2) is 5.27. The van der Waals surface area contributed by atoms with E-state index in [0.29, 0.717) is 0 Å². The molecule has 0 saturated heterocycles. The first-order chi connectivity index (χ1) is 1.73. The molecule has 0 aliphatic heterocycles. The molecule has 0 heterocycles. The number of hydrogen-bond donors (Lipinski definition) is 0. The van der Waals surface area contributed by atoms with Crippen molar-refractivity contribution in [1.82, 2.24) is 0 Å². The van der Waals surface area contributed by atoms with Crippen LogP contribution in [0.3, 0.4) is 0 Å². The molecule has 0 aliphatic rings. The van der Waals surface area contributed by atoms with Crippen LogP contribution in [0.25, 0.3) is 0 Å².